The largest absolute Gasteiger partial charge is 0.343 e. The van der Waals surface area contributed by atoms with Crippen molar-refractivity contribution >= 4 is 29.1 Å². The predicted molar refractivity (Wildman–Crippen MR) is 96.3 cm³/mol. The molecule has 130 valence electrons. The lowest BCUT2D eigenvalue weighted by atomic mass is 10.0. The van der Waals surface area contributed by atoms with Crippen LogP contribution in [0.1, 0.15) is 31.4 Å². The molecule has 1 aliphatic rings. The number of nitrogens with one attached hydrogen (secondary N) is 1. The third-order valence-electron chi connectivity index (χ3n) is 4.47. The van der Waals surface area contributed by atoms with E-state index in [-0.39, 0.29) is 29.9 Å². The number of piperidine rings is 1. The number of likely N-dealkylation sites (tertiary alicyclic amines) is 1. The van der Waals surface area contributed by atoms with Gasteiger partial charge in [0.25, 0.3) is 5.56 Å². The summed E-state index contributed by atoms with van der Waals surface area (Å²) in [5.74, 6) is 0.186. The highest BCUT2D eigenvalue weighted by Crippen LogP contribution is 2.16. The van der Waals surface area contributed by atoms with Gasteiger partial charge in [-0.25, -0.2) is 5.10 Å². The Balaban J connectivity index is 0.00000208. The molecule has 1 aromatic heterocycles. The zero-order valence-electron chi connectivity index (χ0n) is 13.5. The van der Waals surface area contributed by atoms with Gasteiger partial charge in [0.1, 0.15) is 0 Å². The molecule has 0 spiro atoms. The van der Waals surface area contributed by atoms with Crippen LogP contribution in [-0.4, -0.2) is 40.1 Å². The van der Waals surface area contributed by atoms with Crippen molar-refractivity contribution in [3.05, 3.63) is 40.3 Å². The number of halogens is 1. The number of benzene rings is 1. The molecule has 24 heavy (non-hydrogen) atoms. The van der Waals surface area contributed by atoms with E-state index in [9.17, 15) is 9.59 Å². The van der Waals surface area contributed by atoms with Crippen molar-refractivity contribution in [1.29, 1.82) is 0 Å². The van der Waals surface area contributed by atoms with Crippen molar-refractivity contribution in [2.45, 2.75) is 38.1 Å². The van der Waals surface area contributed by atoms with Gasteiger partial charge in [-0.3, -0.25) is 9.59 Å². The minimum atomic E-state index is -0.176. The van der Waals surface area contributed by atoms with Gasteiger partial charge in [0.05, 0.1) is 11.1 Å². The molecule has 1 fully saturated rings. The Morgan fingerprint density at radius 3 is 2.62 bits per heavy atom. The Morgan fingerprint density at radius 1 is 1.25 bits per heavy atom. The third kappa shape index (κ3) is 4.13. The first-order valence-corrected chi connectivity index (χ1v) is 8.15. The summed E-state index contributed by atoms with van der Waals surface area (Å²) in [6, 6.07) is 7.67. The van der Waals surface area contributed by atoms with Crippen LogP contribution >= 0.6 is 12.4 Å². The van der Waals surface area contributed by atoms with Crippen LogP contribution in [0.3, 0.4) is 0 Å². The summed E-state index contributed by atoms with van der Waals surface area (Å²) in [6.07, 6.45) is 3.68. The number of aromatic nitrogens is 2. The average molecular weight is 351 g/mol. The van der Waals surface area contributed by atoms with E-state index in [0.717, 1.165) is 43.4 Å². The number of aromatic amines is 1. The van der Waals surface area contributed by atoms with Crippen LogP contribution in [0.25, 0.3) is 10.8 Å². The molecule has 1 aliphatic heterocycles. The summed E-state index contributed by atoms with van der Waals surface area (Å²) in [7, 11) is 0. The number of amides is 1. The summed E-state index contributed by atoms with van der Waals surface area (Å²) in [5, 5.41) is 8.20. The van der Waals surface area contributed by atoms with Gasteiger partial charge in [0.2, 0.25) is 5.91 Å². The van der Waals surface area contributed by atoms with E-state index in [1.165, 1.54) is 0 Å². The molecule has 0 saturated carbocycles. The van der Waals surface area contributed by atoms with Gasteiger partial charge in [-0.05, 0) is 31.7 Å². The highest BCUT2D eigenvalue weighted by atomic mass is 35.5. The number of fused-ring (bicyclic) bond motifs is 1. The zero-order valence-corrected chi connectivity index (χ0v) is 14.3. The van der Waals surface area contributed by atoms with E-state index in [4.69, 9.17) is 5.73 Å². The van der Waals surface area contributed by atoms with Gasteiger partial charge in [-0.1, -0.05) is 18.2 Å². The summed E-state index contributed by atoms with van der Waals surface area (Å²) in [6.45, 7) is 1.53. The molecule has 3 rings (SSSR count). The number of H-pyrrole nitrogens is 1. The van der Waals surface area contributed by atoms with Gasteiger partial charge in [-0.2, -0.15) is 5.10 Å². The minimum Gasteiger partial charge on any atom is -0.343 e. The summed E-state index contributed by atoms with van der Waals surface area (Å²) in [4.78, 5) is 25.9. The molecule has 2 aromatic rings. The second-order valence-corrected chi connectivity index (χ2v) is 6.12. The van der Waals surface area contributed by atoms with E-state index in [2.05, 4.69) is 10.2 Å². The third-order valence-corrected chi connectivity index (χ3v) is 4.47. The van der Waals surface area contributed by atoms with Crippen LogP contribution < -0.4 is 11.3 Å². The van der Waals surface area contributed by atoms with E-state index < -0.39 is 0 Å². The molecule has 0 aliphatic carbocycles. The van der Waals surface area contributed by atoms with Crippen molar-refractivity contribution < 1.29 is 4.79 Å². The maximum Gasteiger partial charge on any atom is 0.272 e. The molecule has 3 N–H and O–H groups in total. The smallest absolute Gasteiger partial charge is 0.272 e. The van der Waals surface area contributed by atoms with Gasteiger partial charge in [0, 0.05) is 30.9 Å². The van der Waals surface area contributed by atoms with Gasteiger partial charge < -0.3 is 10.6 Å². The van der Waals surface area contributed by atoms with E-state index in [1.54, 1.807) is 6.07 Å². The molecule has 1 amide bonds. The summed E-state index contributed by atoms with van der Waals surface area (Å²) in [5.41, 5.74) is 6.53. The van der Waals surface area contributed by atoms with Crippen LogP contribution in [-0.2, 0) is 11.2 Å². The molecule has 0 radical (unpaired) electrons. The number of carbonyl (C=O) groups is 1. The van der Waals surface area contributed by atoms with Crippen molar-refractivity contribution in [2.75, 3.05) is 13.1 Å². The molecule has 2 heterocycles. The standard InChI is InChI=1S/C17H22N4O2.ClH/c18-12-8-10-21(11-9-12)16(22)7-3-6-15-13-4-1-2-5-14(13)17(23)20-19-15;/h1-2,4-5,12H,3,6-11,18H2,(H,20,23);1H. The molecule has 1 aromatic carbocycles. The monoisotopic (exact) mass is 350 g/mol. The number of hydrogen-bond donors (Lipinski definition) is 2. The fraction of sp³-hybridized carbons (Fsp3) is 0.471. The molecule has 0 unspecified atom stereocenters. The summed E-state index contributed by atoms with van der Waals surface area (Å²) >= 11 is 0. The Bertz CT molecular complexity index is 754. The van der Waals surface area contributed by atoms with Crippen molar-refractivity contribution in [3.63, 3.8) is 0 Å². The fourth-order valence-corrected chi connectivity index (χ4v) is 3.08. The van der Waals surface area contributed by atoms with Gasteiger partial charge in [0.15, 0.2) is 0 Å². The first-order valence-electron chi connectivity index (χ1n) is 8.15. The lowest BCUT2D eigenvalue weighted by Crippen LogP contribution is -2.42. The highest BCUT2D eigenvalue weighted by molar-refractivity contribution is 5.85. The molecular formula is C17H23ClN4O2. The maximum absolute atomic E-state index is 12.2. The molecule has 0 bridgehead atoms. The number of carbonyl (C=O) groups excluding carboxylic acids is 1. The van der Waals surface area contributed by atoms with Gasteiger partial charge >= 0.3 is 0 Å². The molecule has 1 saturated heterocycles. The second kappa shape index (κ2) is 8.26. The zero-order chi connectivity index (χ0) is 16.2. The number of nitrogens with two attached hydrogens (primary N) is 1. The normalized spacial score (nSPS) is 15.3. The molecule has 6 nitrogen and oxygen atoms in total. The van der Waals surface area contributed by atoms with Crippen LogP contribution in [0, 0.1) is 0 Å². The molecule has 7 heteroatoms. The molecule has 0 atom stereocenters. The first-order chi connectivity index (χ1) is 11.1. The number of rotatable bonds is 4. The SMILES string of the molecule is Cl.NC1CCN(C(=O)CCCc2n[nH]c(=O)c3ccccc23)CC1. The second-order valence-electron chi connectivity index (χ2n) is 6.12. The van der Waals surface area contributed by atoms with Crippen LogP contribution in [0.5, 0.6) is 0 Å². The Labute approximate surface area is 146 Å². The quantitative estimate of drug-likeness (QED) is 0.876. The first kappa shape index (κ1) is 18.4. The highest BCUT2D eigenvalue weighted by Gasteiger charge is 2.20. The minimum absolute atomic E-state index is 0. The van der Waals surface area contributed by atoms with E-state index in [0.29, 0.717) is 18.2 Å². The lowest BCUT2D eigenvalue weighted by molar-refractivity contribution is -0.132. The van der Waals surface area contributed by atoms with E-state index in [1.807, 2.05) is 23.1 Å². The maximum atomic E-state index is 12.2. The topological polar surface area (TPSA) is 92.1 Å². The fourth-order valence-electron chi connectivity index (χ4n) is 3.08. The average Bonchev–Trinajstić information content (AvgIpc) is 2.58. The van der Waals surface area contributed by atoms with E-state index >= 15 is 0 Å². The number of hydrogen-bond acceptors (Lipinski definition) is 4. The van der Waals surface area contributed by atoms with Crippen molar-refractivity contribution in [3.8, 4) is 0 Å². The van der Waals surface area contributed by atoms with Gasteiger partial charge in [-0.15, -0.1) is 12.4 Å². The van der Waals surface area contributed by atoms with Crippen LogP contribution in [0.2, 0.25) is 0 Å². The number of nitrogens with zero attached hydrogens (tertiary/aromatic N) is 2. The summed E-state index contributed by atoms with van der Waals surface area (Å²) < 4.78 is 0. The van der Waals surface area contributed by atoms with Crippen LogP contribution in [0.4, 0.5) is 0 Å². The number of aryl methyl sites for hydroxylation is 1. The molecular weight excluding hydrogens is 328 g/mol. The predicted octanol–water partition coefficient (Wildman–Crippen LogP) is 1.62. The van der Waals surface area contributed by atoms with Crippen LogP contribution in [0.15, 0.2) is 29.1 Å². The van der Waals surface area contributed by atoms with Crippen molar-refractivity contribution in [2.24, 2.45) is 5.73 Å². The Morgan fingerprint density at radius 2 is 1.92 bits per heavy atom. The van der Waals surface area contributed by atoms with Crippen molar-refractivity contribution in [1.82, 2.24) is 15.1 Å². The Kier molecular flexibility index (Phi) is 6.34. The lowest BCUT2D eigenvalue weighted by Gasteiger charge is -2.30. The Hall–Kier alpha value is -1.92.